The van der Waals surface area contributed by atoms with Crippen LogP contribution >= 0.6 is 11.3 Å². The minimum atomic E-state index is -3.82. The summed E-state index contributed by atoms with van der Waals surface area (Å²) in [6.45, 7) is 3.36. The number of rotatable bonds is 6. The molecule has 8 heteroatoms. The predicted molar refractivity (Wildman–Crippen MR) is 87.5 cm³/mol. The molecule has 3 N–H and O–H groups in total. The van der Waals surface area contributed by atoms with E-state index >= 15 is 0 Å². The van der Waals surface area contributed by atoms with Crippen LogP contribution in [0.2, 0.25) is 0 Å². The van der Waals surface area contributed by atoms with E-state index in [1.807, 2.05) is 30.3 Å². The van der Waals surface area contributed by atoms with Crippen LogP contribution in [0.4, 0.5) is 5.69 Å². The summed E-state index contributed by atoms with van der Waals surface area (Å²) in [4.78, 5) is 12.0. The van der Waals surface area contributed by atoms with Crippen molar-refractivity contribution in [2.45, 2.75) is 19.9 Å². The Morgan fingerprint density at radius 2 is 1.86 bits per heavy atom. The van der Waals surface area contributed by atoms with Gasteiger partial charge in [0.1, 0.15) is 4.88 Å². The fourth-order valence-corrected chi connectivity index (χ4v) is 4.01. The molecule has 0 fully saturated rings. The van der Waals surface area contributed by atoms with Gasteiger partial charge >= 0.3 is 5.97 Å². The van der Waals surface area contributed by atoms with Crippen LogP contribution in [-0.2, 0) is 10.2 Å². The number of hydrogen-bond donors (Lipinski definition) is 3. The molecule has 0 saturated carbocycles. The molecular formula is C14H16N2O4S2. The van der Waals surface area contributed by atoms with Crippen LogP contribution in [0, 0.1) is 0 Å². The highest BCUT2D eigenvalue weighted by atomic mass is 32.2. The number of hydrogen-bond acceptors (Lipinski definition) is 4. The number of carboxylic acid groups (broad SMARTS) is 1. The SMILES string of the molecule is CC(C)NS(=O)(=O)Nc1cc(-c2ccccc2)sc1C(=O)O. The maximum absolute atomic E-state index is 11.9. The quantitative estimate of drug-likeness (QED) is 0.753. The topological polar surface area (TPSA) is 95.5 Å². The first-order chi connectivity index (χ1) is 10.3. The van der Waals surface area contributed by atoms with Crippen molar-refractivity contribution in [2.24, 2.45) is 0 Å². The Morgan fingerprint density at radius 1 is 1.23 bits per heavy atom. The zero-order valence-corrected chi connectivity index (χ0v) is 13.7. The van der Waals surface area contributed by atoms with E-state index in [9.17, 15) is 18.3 Å². The van der Waals surface area contributed by atoms with Gasteiger partial charge in [0.15, 0.2) is 0 Å². The second kappa shape index (κ2) is 6.47. The standard InChI is InChI=1S/C14H16N2O4S2/c1-9(2)15-22(19,20)16-11-8-12(21-13(11)14(17)18)10-6-4-3-5-7-10/h3-9,15-16H,1-2H3,(H,17,18). The molecule has 1 aromatic heterocycles. The molecule has 118 valence electrons. The molecule has 0 saturated heterocycles. The third-order valence-corrected chi connectivity index (χ3v) is 5.06. The van der Waals surface area contributed by atoms with Crippen LogP contribution < -0.4 is 9.44 Å². The van der Waals surface area contributed by atoms with Gasteiger partial charge in [-0.05, 0) is 25.5 Å². The van der Waals surface area contributed by atoms with Crippen molar-refractivity contribution >= 4 is 33.2 Å². The molecule has 2 rings (SSSR count). The average Bonchev–Trinajstić information content (AvgIpc) is 2.81. The van der Waals surface area contributed by atoms with Gasteiger partial charge in [0.2, 0.25) is 0 Å². The Labute approximate surface area is 133 Å². The van der Waals surface area contributed by atoms with Crippen molar-refractivity contribution < 1.29 is 18.3 Å². The summed E-state index contributed by atoms with van der Waals surface area (Å²) >= 11 is 1.03. The zero-order valence-electron chi connectivity index (χ0n) is 12.0. The van der Waals surface area contributed by atoms with Crippen LogP contribution in [0.25, 0.3) is 10.4 Å². The number of benzene rings is 1. The minimum Gasteiger partial charge on any atom is -0.477 e. The second-order valence-corrected chi connectivity index (χ2v) is 7.40. The van der Waals surface area contributed by atoms with Crippen LogP contribution in [0.3, 0.4) is 0 Å². The number of nitrogens with one attached hydrogen (secondary N) is 2. The van der Waals surface area contributed by atoms with Gasteiger partial charge in [-0.25, -0.2) is 4.79 Å². The summed E-state index contributed by atoms with van der Waals surface area (Å²) < 4.78 is 28.5. The van der Waals surface area contributed by atoms with Gasteiger partial charge in [0, 0.05) is 10.9 Å². The van der Waals surface area contributed by atoms with E-state index in [1.54, 1.807) is 13.8 Å². The Morgan fingerprint density at radius 3 is 2.41 bits per heavy atom. The Kier molecular flexibility index (Phi) is 4.84. The van der Waals surface area contributed by atoms with Gasteiger partial charge in [-0.1, -0.05) is 30.3 Å². The first-order valence-electron chi connectivity index (χ1n) is 6.51. The lowest BCUT2D eigenvalue weighted by Gasteiger charge is -2.10. The maximum Gasteiger partial charge on any atom is 0.348 e. The van der Waals surface area contributed by atoms with E-state index in [0.717, 1.165) is 16.9 Å². The number of thiophene rings is 1. The molecule has 0 aliphatic carbocycles. The Hall–Kier alpha value is -1.90. The summed E-state index contributed by atoms with van der Waals surface area (Å²) in [6.07, 6.45) is 0. The van der Waals surface area contributed by atoms with E-state index in [2.05, 4.69) is 9.44 Å². The van der Waals surface area contributed by atoms with Crippen LogP contribution in [0.5, 0.6) is 0 Å². The lowest BCUT2D eigenvalue weighted by atomic mass is 10.2. The zero-order chi connectivity index (χ0) is 16.3. The first-order valence-corrected chi connectivity index (χ1v) is 8.81. The maximum atomic E-state index is 11.9. The molecule has 1 aromatic carbocycles. The molecular weight excluding hydrogens is 324 g/mol. The minimum absolute atomic E-state index is 0.0482. The largest absolute Gasteiger partial charge is 0.477 e. The van der Waals surface area contributed by atoms with Gasteiger partial charge < -0.3 is 5.11 Å². The predicted octanol–water partition coefficient (Wildman–Crippen LogP) is 2.77. The van der Waals surface area contributed by atoms with Crippen LogP contribution in [0.15, 0.2) is 36.4 Å². The number of carbonyl (C=O) groups is 1. The summed E-state index contributed by atoms with van der Waals surface area (Å²) in [6, 6.07) is 10.4. The van der Waals surface area contributed by atoms with Gasteiger partial charge in [0.25, 0.3) is 10.2 Å². The molecule has 0 spiro atoms. The monoisotopic (exact) mass is 340 g/mol. The molecule has 0 amide bonds. The highest BCUT2D eigenvalue weighted by Crippen LogP contribution is 2.35. The molecule has 0 aliphatic rings. The average molecular weight is 340 g/mol. The van der Waals surface area contributed by atoms with E-state index < -0.39 is 16.2 Å². The number of carboxylic acids is 1. The Balaban J connectivity index is 2.39. The molecule has 2 aromatic rings. The van der Waals surface area contributed by atoms with Crippen molar-refractivity contribution in [3.8, 4) is 10.4 Å². The fourth-order valence-electron chi connectivity index (χ4n) is 1.85. The molecule has 1 heterocycles. The van der Waals surface area contributed by atoms with Gasteiger partial charge in [-0.3, -0.25) is 4.72 Å². The molecule has 0 atom stereocenters. The van der Waals surface area contributed by atoms with Crippen molar-refractivity contribution in [2.75, 3.05) is 4.72 Å². The summed E-state index contributed by atoms with van der Waals surface area (Å²) in [5, 5.41) is 9.26. The highest BCUT2D eigenvalue weighted by molar-refractivity contribution is 7.90. The third-order valence-electron chi connectivity index (χ3n) is 2.62. The van der Waals surface area contributed by atoms with Crippen molar-refractivity contribution in [1.82, 2.24) is 4.72 Å². The molecule has 0 aliphatic heterocycles. The van der Waals surface area contributed by atoms with Gasteiger partial charge in [0.05, 0.1) is 5.69 Å². The number of anilines is 1. The van der Waals surface area contributed by atoms with Crippen molar-refractivity contribution in [3.63, 3.8) is 0 Å². The summed E-state index contributed by atoms with van der Waals surface area (Å²) in [5.74, 6) is -1.17. The summed E-state index contributed by atoms with van der Waals surface area (Å²) in [7, 11) is -3.82. The normalized spacial score (nSPS) is 11.6. The lowest BCUT2D eigenvalue weighted by Crippen LogP contribution is -2.35. The van der Waals surface area contributed by atoms with Crippen molar-refractivity contribution in [3.05, 3.63) is 41.3 Å². The molecule has 0 radical (unpaired) electrons. The summed E-state index contributed by atoms with van der Waals surface area (Å²) in [5.41, 5.74) is 0.891. The number of aromatic carboxylic acids is 1. The smallest absolute Gasteiger partial charge is 0.348 e. The molecule has 0 bridgehead atoms. The second-order valence-electron chi connectivity index (χ2n) is 4.90. The van der Waals surface area contributed by atoms with Crippen LogP contribution in [0.1, 0.15) is 23.5 Å². The third kappa shape index (κ3) is 4.06. The Bertz CT molecular complexity index is 767. The first kappa shape index (κ1) is 16.5. The van der Waals surface area contributed by atoms with E-state index in [4.69, 9.17) is 0 Å². The highest BCUT2D eigenvalue weighted by Gasteiger charge is 2.21. The molecule has 6 nitrogen and oxygen atoms in total. The molecule has 22 heavy (non-hydrogen) atoms. The lowest BCUT2D eigenvalue weighted by molar-refractivity contribution is 0.0703. The van der Waals surface area contributed by atoms with Gasteiger partial charge in [-0.2, -0.15) is 13.1 Å². The molecule has 0 unspecified atom stereocenters. The van der Waals surface area contributed by atoms with E-state index in [-0.39, 0.29) is 16.6 Å². The van der Waals surface area contributed by atoms with E-state index in [1.165, 1.54) is 6.07 Å². The van der Waals surface area contributed by atoms with Crippen molar-refractivity contribution in [1.29, 1.82) is 0 Å². The fraction of sp³-hybridized carbons (Fsp3) is 0.214. The van der Waals surface area contributed by atoms with Crippen LogP contribution in [-0.4, -0.2) is 25.5 Å². The van der Waals surface area contributed by atoms with E-state index in [0.29, 0.717) is 4.88 Å². The van der Waals surface area contributed by atoms with Gasteiger partial charge in [-0.15, -0.1) is 11.3 Å².